The molecule has 1 aliphatic carbocycles. The number of hydrogen-bond donors (Lipinski definition) is 0. The quantitative estimate of drug-likeness (QED) is 0.483. The zero-order valence-corrected chi connectivity index (χ0v) is 19.2. The standard InChI is InChI=1S/C21H31N5O2Si/c1-6-21-9-16(21)12-25(13-21)18-17-15(10-22)11-26(14-28-7-8-29(3,4)5)19(17)24-20(23-18)27-2/h11,16H,6-9,12-14H2,1-5H3. The van der Waals surface area contributed by atoms with Gasteiger partial charge in [0.1, 0.15) is 18.6 Å². The third-order valence-electron chi connectivity index (χ3n) is 6.52. The summed E-state index contributed by atoms with van der Waals surface area (Å²) in [6.45, 7) is 12.4. The van der Waals surface area contributed by atoms with Gasteiger partial charge in [-0.05, 0) is 30.2 Å². The van der Waals surface area contributed by atoms with Gasteiger partial charge in [0.05, 0.1) is 18.1 Å². The lowest BCUT2D eigenvalue weighted by Crippen LogP contribution is -2.26. The molecule has 156 valence electrons. The van der Waals surface area contributed by atoms with Crippen LogP contribution in [0.4, 0.5) is 5.82 Å². The first-order valence-corrected chi connectivity index (χ1v) is 14.2. The number of methoxy groups -OCH3 is 1. The molecule has 0 radical (unpaired) electrons. The molecule has 3 heterocycles. The molecule has 0 spiro atoms. The molecule has 2 aliphatic rings. The van der Waals surface area contributed by atoms with Gasteiger partial charge >= 0.3 is 6.01 Å². The second kappa shape index (κ2) is 7.29. The van der Waals surface area contributed by atoms with Crippen LogP contribution in [0.5, 0.6) is 6.01 Å². The summed E-state index contributed by atoms with van der Waals surface area (Å²) in [4.78, 5) is 11.6. The first kappa shape index (κ1) is 20.2. The summed E-state index contributed by atoms with van der Waals surface area (Å²) >= 11 is 0. The molecular formula is C21H31N5O2Si. The van der Waals surface area contributed by atoms with Gasteiger partial charge in [-0.25, -0.2) is 0 Å². The first-order chi connectivity index (χ1) is 13.8. The minimum absolute atomic E-state index is 0.338. The second-order valence-electron chi connectivity index (χ2n) is 9.70. The van der Waals surface area contributed by atoms with E-state index >= 15 is 0 Å². The van der Waals surface area contributed by atoms with E-state index in [-0.39, 0.29) is 0 Å². The molecule has 2 aromatic heterocycles. The lowest BCUT2D eigenvalue weighted by atomic mass is 10.0. The molecule has 1 saturated heterocycles. The fraction of sp³-hybridized carbons (Fsp3) is 0.667. The molecule has 0 aromatic carbocycles. The average Bonchev–Trinajstić information content (AvgIpc) is 3.07. The molecule has 7 nitrogen and oxygen atoms in total. The summed E-state index contributed by atoms with van der Waals surface area (Å²) in [5.74, 6) is 1.56. The van der Waals surface area contributed by atoms with Crippen molar-refractivity contribution in [3.63, 3.8) is 0 Å². The molecule has 2 aromatic rings. The molecule has 0 amide bonds. The van der Waals surface area contributed by atoms with Crippen molar-refractivity contribution in [2.45, 2.75) is 52.2 Å². The Bertz CT molecular complexity index is 957. The normalized spacial score (nSPS) is 23.3. The minimum Gasteiger partial charge on any atom is -0.467 e. The predicted molar refractivity (Wildman–Crippen MR) is 116 cm³/mol. The number of nitriles is 1. The van der Waals surface area contributed by atoms with Crippen LogP contribution in [-0.2, 0) is 11.5 Å². The molecular weight excluding hydrogens is 382 g/mol. The molecule has 1 aliphatic heterocycles. The number of ether oxygens (including phenoxy) is 2. The highest BCUT2D eigenvalue weighted by molar-refractivity contribution is 6.76. The molecule has 1 saturated carbocycles. The van der Waals surface area contributed by atoms with Crippen LogP contribution in [0, 0.1) is 22.7 Å². The maximum Gasteiger partial charge on any atom is 0.320 e. The van der Waals surface area contributed by atoms with Crippen LogP contribution in [-0.4, -0.2) is 49.4 Å². The zero-order valence-electron chi connectivity index (χ0n) is 18.2. The van der Waals surface area contributed by atoms with Gasteiger partial charge in [0.25, 0.3) is 0 Å². The van der Waals surface area contributed by atoms with Crippen molar-refractivity contribution in [1.29, 1.82) is 5.26 Å². The zero-order chi connectivity index (χ0) is 20.8. The van der Waals surface area contributed by atoms with Gasteiger partial charge in [-0.3, -0.25) is 0 Å². The number of anilines is 1. The molecule has 8 heteroatoms. The van der Waals surface area contributed by atoms with Crippen molar-refractivity contribution < 1.29 is 9.47 Å². The number of fused-ring (bicyclic) bond motifs is 2. The predicted octanol–water partition coefficient (Wildman–Crippen LogP) is 3.86. The van der Waals surface area contributed by atoms with Crippen LogP contribution in [0.15, 0.2) is 6.20 Å². The Balaban J connectivity index is 1.66. The molecule has 0 bridgehead atoms. The Morgan fingerprint density at radius 1 is 1.34 bits per heavy atom. The highest BCUT2D eigenvalue weighted by Crippen LogP contribution is 2.60. The smallest absolute Gasteiger partial charge is 0.320 e. The monoisotopic (exact) mass is 413 g/mol. The van der Waals surface area contributed by atoms with E-state index in [1.54, 1.807) is 7.11 Å². The van der Waals surface area contributed by atoms with Gasteiger partial charge in [-0.15, -0.1) is 0 Å². The van der Waals surface area contributed by atoms with Gasteiger partial charge in [-0.1, -0.05) is 26.6 Å². The second-order valence-corrected chi connectivity index (χ2v) is 15.3. The van der Waals surface area contributed by atoms with E-state index in [0.29, 0.717) is 29.4 Å². The summed E-state index contributed by atoms with van der Waals surface area (Å²) in [6, 6.07) is 3.78. The van der Waals surface area contributed by atoms with Crippen molar-refractivity contribution in [3.8, 4) is 12.1 Å². The van der Waals surface area contributed by atoms with E-state index in [9.17, 15) is 5.26 Å². The van der Waals surface area contributed by atoms with Crippen LogP contribution in [0.3, 0.4) is 0 Å². The highest BCUT2D eigenvalue weighted by atomic mass is 28.3. The fourth-order valence-corrected chi connectivity index (χ4v) is 5.25. The fourth-order valence-electron chi connectivity index (χ4n) is 4.49. The van der Waals surface area contributed by atoms with Gasteiger partial charge in [0.2, 0.25) is 0 Å². The number of piperidine rings is 1. The first-order valence-electron chi connectivity index (χ1n) is 10.5. The van der Waals surface area contributed by atoms with Gasteiger partial charge in [0, 0.05) is 34.0 Å². The van der Waals surface area contributed by atoms with Crippen molar-refractivity contribution >= 4 is 24.9 Å². The molecule has 2 fully saturated rings. The van der Waals surface area contributed by atoms with Crippen LogP contribution in [0.25, 0.3) is 11.0 Å². The summed E-state index contributed by atoms with van der Waals surface area (Å²) in [5.41, 5.74) is 1.74. The van der Waals surface area contributed by atoms with Crippen LogP contribution >= 0.6 is 0 Å². The Hall–Kier alpha value is -2.11. The number of nitrogens with zero attached hydrogens (tertiary/aromatic N) is 5. The number of hydrogen-bond acceptors (Lipinski definition) is 6. The Kier molecular flexibility index (Phi) is 5.07. The summed E-state index contributed by atoms with van der Waals surface area (Å²) in [7, 11) is 0.442. The highest BCUT2D eigenvalue weighted by Gasteiger charge is 2.58. The Labute approximate surface area is 173 Å². The van der Waals surface area contributed by atoms with Crippen LogP contribution in [0.2, 0.25) is 25.7 Å². The molecule has 2 unspecified atom stereocenters. The number of aromatic nitrogens is 3. The average molecular weight is 414 g/mol. The minimum atomic E-state index is -1.14. The van der Waals surface area contributed by atoms with E-state index in [0.717, 1.165) is 42.9 Å². The third-order valence-corrected chi connectivity index (χ3v) is 8.22. The van der Waals surface area contributed by atoms with E-state index in [2.05, 4.69) is 47.5 Å². The van der Waals surface area contributed by atoms with E-state index < -0.39 is 8.07 Å². The SMILES string of the molecule is CCC12CC1CN(c1nc(OC)nc3c1c(C#N)cn3COCC[Si](C)(C)C)C2. The van der Waals surface area contributed by atoms with Crippen LogP contribution < -0.4 is 9.64 Å². The van der Waals surface area contributed by atoms with Crippen molar-refractivity contribution in [1.82, 2.24) is 14.5 Å². The Morgan fingerprint density at radius 2 is 2.14 bits per heavy atom. The summed E-state index contributed by atoms with van der Waals surface area (Å²) in [6.07, 6.45) is 4.34. The van der Waals surface area contributed by atoms with Crippen molar-refractivity contribution in [2.24, 2.45) is 11.3 Å². The molecule has 4 rings (SSSR count). The van der Waals surface area contributed by atoms with Crippen molar-refractivity contribution in [3.05, 3.63) is 11.8 Å². The maximum atomic E-state index is 9.77. The molecule has 29 heavy (non-hydrogen) atoms. The number of rotatable bonds is 8. The maximum absolute atomic E-state index is 9.77. The van der Waals surface area contributed by atoms with Crippen molar-refractivity contribution in [2.75, 3.05) is 31.7 Å². The topological polar surface area (TPSA) is 76.2 Å². The van der Waals surface area contributed by atoms with Crippen LogP contribution in [0.1, 0.15) is 25.3 Å². The van der Waals surface area contributed by atoms with E-state index in [4.69, 9.17) is 9.47 Å². The molecule has 0 N–H and O–H groups in total. The van der Waals surface area contributed by atoms with Gasteiger partial charge < -0.3 is 18.9 Å². The van der Waals surface area contributed by atoms with Gasteiger partial charge in [0.15, 0.2) is 5.65 Å². The molecule has 2 atom stereocenters. The lowest BCUT2D eigenvalue weighted by Gasteiger charge is -2.22. The summed E-state index contributed by atoms with van der Waals surface area (Å²) < 4.78 is 13.2. The third kappa shape index (κ3) is 3.73. The van der Waals surface area contributed by atoms with E-state index in [1.165, 1.54) is 12.8 Å². The largest absolute Gasteiger partial charge is 0.467 e. The van der Waals surface area contributed by atoms with E-state index in [1.807, 2.05) is 10.8 Å². The van der Waals surface area contributed by atoms with Gasteiger partial charge in [-0.2, -0.15) is 15.2 Å². The summed E-state index contributed by atoms with van der Waals surface area (Å²) in [5, 5.41) is 10.6. The lowest BCUT2D eigenvalue weighted by molar-refractivity contribution is 0.0898. The Morgan fingerprint density at radius 3 is 2.76 bits per heavy atom.